The standard InChI is InChI=1S/C14H19F3N6O/c15-14(16,17)13-20-19-12-4-3-11(21-23(12)13)18-5-1-2-6-22-7-9-24-10-8-22/h3-4H,1-2,5-10H2,(H,18,21). The number of morpholine rings is 1. The Bertz CT molecular complexity index is 668. The molecule has 10 heteroatoms. The number of rotatable bonds is 6. The van der Waals surface area contributed by atoms with Gasteiger partial charge < -0.3 is 10.1 Å². The fourth-order valence-corrected chi connectivity index (χ4v) is 2.56. The largest absolute Gasteiger partial charge is 0.453 e. The van der Waals surface area contributed by atoms with Crippen molar-refractivity contribution in [3.63, 3.8) is 0 Å². The summed E-state index contributed by atoms with van der Waals surface area (Å²) in [5, 5.41) is 13.6. The zero-order valence-electron chi connectivity index (χ0n) is 13.1. The molecule has 1 aliphatic rings. The number of alkyl halides is 3. The molecular weight excluding hydrogens is 325 g/mol. The molecule has 0 amide bonds. The Morgan fingerprint density at radius 1 is 1.12 bits per heavy atom. The molecule has 0 aromatic carbocycles. The zero-order valence-corrected chi connectivity index (χ0v) is 13.1. The Balaban J connectivity index is 1.50. The molecule has 1 N–H and O–H groups in total. The van der Waals surface area contributed by atoms with E-state index in [1.807, 2.05) is 0 Å². The van der Waals surface area contributed by atoms with Gasteiger partial charge in [0.05, 0.1) is 13.2 Å². The van der Waals surface area contributed by atoms with E-state index in [2.05, 4.69) is 25.5 Å². The molecule has 0 bridgehead atoms. The van der Waals surface area contributed by atoms with E-state index in [-0.39, 0.29) is 5.65 Å². The Labute approximate surface area is 136 Å². The minimum Gasteiger partial charge on any atom is -0.379 e. The Kier molecular flexibility index (Phi) is 5.14. The third kappa shape index (κ3) is 4.12. The molecule has 24 heavy (non-hydrogen) atoms. The first kappa shape index (κ1) is 16.9. The van der Waals surface area contributed by atoms with Crippen LogP contribution in [0.15, 0.2) is 12.1 Å². The number of unbranched alkanes of at least 4 members (excludes halogenated alkanes) is 1. The first-order chi connectivity index (χ1) is 11.5. The van der Waals surface area contributed by atoms with E-state index in [1.54, 1.807) is 6.07 Å². The van der Waals surface area contributed by atoms with Gasteiger partial charge in [-0.3, -0.25) is 4.90 Å². The second kappa shape index (κ2) is 7.31. The molecule has 0 radical (unpaired) electrons. The molecule has 2 aromatic rings. The van der Waals surface area contributed by atoms with Crippen LogP contribution in [-0.2, 0) is 10.9 Å². The van der Waals surface area contributed by atoms with Crippen molar-refractivity contribution in [3.8, 4) is 0 Å². The van der Waals surface area contributed by atoms with Crippen molar-refractivity contribution in [3.05, 3.63) is 18.0 Å². The lowest BCUT2D eigenvalue weighted by Gasteiger charge is -2.26. The van der Waals surface area contributed by atoms with Crippen molar-refractivity contribution in [2.75, 3.05) is 44.7 Å². The van der Waals surface area contributed by atoms with Gasteiger partial charge in [-0.05, 0) is 31.5 Å². The average molecular weight is 344 g/mol. The predicted molar refractivity (Wildman–Crippen MR) is 80.8 cm³/mol. The first-order valence-electron chi connectivity index (χ1n) is 7.88. The Hall–Kier alpha value is -1.94. The van der Waals surface area contributed by atoms with Gasteiger partial charge in [-0.2, -0.15) is 17.7 Å². The number of fused-ring (bicyclic) bond motifs is 1. The third-order valence-electron chi connectivity index (χ3n) is 3.83. The Morgan fingerprint density at radius 2 is 1.92 bits per heavy atom. The molecule has 1 fully saturated rings. The zero-order chi connectivity index (χ0) is 17.0. The molecule has 7 nitrogen and oxygen atoms in total. The second-order valence-electron chi connectivity index (χ2n) is 5.60. The second-order valence-corrected chi connectivity index (χ2v) is 5.60. The summed E-state index contributed by atoms with van der Waals surface area (Å²) in [4.78, 5) is 2.35. The molecule has 0 saturated carbocycles. The van der Waals surface area contributed by atoms with E-state index in [0.717, 1.165) is 50.2 Å². The van der Waals surface area contributed by atoms with Crippen molar-refractivity contribution >= 4 is 11.5 Å². The van der Waals surface area contributed by atoms with Crippen LogP contribution in [0.2, 0.25) is 0 Å². The molecule has 3 heterocycles. The van der Waals surface area contributed by atoms with Gasteiger partial charge in [-0.1, -0.05) is 0 Å². The van der Waals surface area contributed by atoms with Gasteiger partial charge in [-0.15, -0.1) is 15.3 Å². The first-order valence-corrected chi connectivity index (χ1v) is 7.88. The summed E-state index contributed by atoms with van der Waals surface area (Å²) in [5.74, 6) is -0.743. The highest BCUT2D eigenvalue weighted by Gasteiger charge is 2.37. The van der Waals surface area contributed by atoms with Crippen molar-refractivity contribution in [1.29, 1.82) is 0 Å². The predicted octanol–water partition coefficient (Wildman–Crippen LogP) is 1.67. The summed E-state index contributed by atoms with van der Waals surface area (Å²) < 4.78 is 44.5. The summed E-state index contributed by atoms with van der Waals surface area (Å²) in [5.41, 5.74) is 0.0696. The summed E-state index contributed by atoms with van der Waals surface area (Å²) >= 11 is 0. The van der Waals surface area contributed by atoms with Crippen LogP contribution in [0.3, 0.4) is 0 Å². The quantitative estimate of drug-likeness (QED) is 0.804. The lowest BCUT2D eigenvalue weighted by Crippen LogP contribution is -2.36. The van der Waals surface area contributed by atoms with Gasteiger partial charge in [0.15, 0.2) is 5.65 Å². The minimum atomic E-state index is -4.58. The van der Waals surface area contributed by atoms with Crippen LogP contribution >= 0.6 is 0 Å². The lowest BCUT2D eigenvalue weighted by atomic mass is 10.2. The summed E-state index contributed by atoms with van der Waals surface area (Å²) in [7, 11) is 0. The van der Waals surface area contributed by atoms with Crippen LogP contribution < -0.4 is 5.32 Å². The SMILES string of the molecule is FC(F)(F)c1nnc2ccc(NCCCCN3CCOCC3)nn12. The summed E-state index contributed by atoms with van der Waals surface area (Å²) in [6.07, 6.45) is -2.66. The third-order valence-corrected chi connectivity index (χ3v) is 3.83. The molecule has 2 aromatic heterocycles. The maximum Gasteiger partial charge on any atom is 0.453 e. The van der Waals surface area contributed by atoms with Gasteiger partial charge in [-0.25, -0.2) is 0 Å². The molecule has 0 unspecified atom stereocenters. The van der Waals surface area contributed by atoms with Gasteiger partial charge in [0, 0.05) is 19.6 Å². The highest BCUT2D eigenvalue weighted by atomic mass is 19.4. The van der Waals surface area contributed by atoms with Crippen LogP contribution in [-0.4, -0.2) is 64.1 Å². The van der Waals surface area contributed by atoms with Gasteiger partial charge in [0.1, 0.15) is 5.82 Å². The number of halogens is 3. The topological polar surface area (TPSA) is 67.6 Å². The van der Waals surface area contributed by atoms with Crippen molar-refractivity contribution in [2.24, 2.45) is 0 Å². The van der Waals surface area contributed by atoms with Gasteiger partial charge >= 0.3 is 6.18 Å². The molecule has 132 valence electrons. The average Bonchev–Trinajstić information content (AvgIpc) is 2.99. The highest BCUT2D eigenvalue weighted by Crippen LogP contribution is 2.27. The van der Waals surface area contributed by atoms with E-state index < -0.39 is 12.0 Å². The number of anilines is 1. The van der Waals surface area contributed by atoms with Crippen molar-refractivity contribution < 1.29 is 17.9 Å². The molecule has 0 aliphatic carbocycles. The van der Waals surface area contributed by atoms with Crippen LogP contribution in [0, 0.1) is 0 Å². The highest BCUT2D eigenvalue weighted by molar-refractivity contribution is 5.44. The van der Waals surface area contributed by atoms with Gasteiger partial charge in [0.25, 0.3) is 5.82 Å². The number of nitrogens with one attached hydrogen (secondary N) is 1. The van der Waals surface area contributed by atoms with Gasteiger partial charge in [0.2, 0.25) is 0 Å². The Morgan fingerprint density at radius 3 is 2.67 bits per heavy atom. The molecular formula is C14H19F3N6O. The molecule has 3 rings (SSSR count). The number of aromatic nitrogens is 4. The van der Waals surface area contributed by atoms with E-state index in [1.165, 1.54) is 6.07 Å². The van der Waals surface area contributed by atoms with Crippen LogP contribution in [0.5, 0.6) is 0 Å². The fourth-order valence-electron chi connectivity index (χ4n) is 2.56. The number of ether oxygens (including phenoxy) is 1. The fraction of sp³-hybridized carbons (Fsp3) is 0.643. The maximum absolute atomic E-state index is 12.8. The minimum absolute atomic E-state index is 0.0696. The number of nitrogens with zero attached hydrogens (tertiary/aromatic N) is 5. The smallest absolute Gasteiger partial charge is 0.379 e. The number of hydrogen-bond donors (Lipinski definition) is 1. The summed E-state index contributed by atoms with van der Waals surface area (Å²) in [6.45, 7) is 5.12. The van der Waals surface area contributed by atoms with Crippen molar-refractivity contribution in [2.45, 2.75) is 19.0 Å². The number of hydrogen-bond acceptors (Lipinski definition) is 6. The van der Waals surface area contributed by atoms with E-state index in [9.17, 15) is 13.2 Å². The molecule has 0 spiro atoms. The molecule has 1 aliphatic heterocycles. The van der Waals surface area contributed by atoms with Crippen molar-refractivity contribution in [1.82, 2.24) is 24.7 Å². The molecule has 1 saturated heterocycles. The summed E-state index contributed by atoms with van der Waals surface area (Å²) in [6, 6.07) is 3.07. The normalized spacial score (nSPS) is 16.6. The van der Waals surface area contributed by atoms with E-state index in [0.29, 0.717) is 12.4 Å². The monoisotopic (exact) mass is 344 g/mol. The van der Waals surface area contributed by atoms with E-state index >= 15 is 0 Å². The van der Waals surface area contributed by atoms with Crippen LogP contribution in [0.25, 0.3) is 5.65 Å². The van der Waals surface area contributed by atoms with Crippen LogP contribution in [0.4, 0.5) is 19.0 Å². The lowest BCUT2D eigenvalue weighted by molar-refractivity contribution is -0.146. The van der Waals surface area contributed by atoms with Crippen LogP contribution in [0.1, 0.15) is 18.7 Å². The van der Waals surface area contributed by atoms with E-state index in [4.69, 9.17) is 4.74 Å². The maximum atomic E-state index is 12.8. The molecule has 0 atom stereocenters.